The van der Waals surface area contributed by atoms with E-state index in [1.165, 1.54) is 40.1 Å². The fourth-order valence-electron chi connectivity index (χ4n) is 10.5. The van der Waals surface area contributed by atoms with Gasteiger partial charge in [-0.05, 0) is 110 Å². The molecule has 5 atom stereocenters. The third kappa shape index (κ3) is 10.6. The van der Waals surface area contributed by atoms with E-state index in [4.69, 9.17) is 0 Å². The van der Waals surface area contributed by atoms with Crippen LogP contribution in [0.5, 0.6) is 0 Å². The predicted molar refractivity (Wildman–Crippen MR) is 266 cm³/mol. The summed E-state index contributed by atoms with van der Waals surface area (Å²) in [5.74, 6) is 0.944. The standard InChI is InChI=1S/C53H56FN8O10P/c1-31-13-19-41-39(26-31)46(58-57-41)53(69)60-25-23-37-18-20-44(62(37)51(67)42(30-60)55-48(64)35-17-15-32-14-16-34(27-36(32)28-35)47(54)73(70,71)72)52(68)59(2)24-8-6-4-3-5-7-10-33-11-9-12-38-40(33)29-61(50(38)66)43-21-22-45(63)56-49(43)65/h9,11-17,19,26-28,37,42-44,47H,3-6,8,18,20-25,29-30H2,1-2H3,(H,55,64)(H,57,58)(H,56,63,65)(H2,70,71,72)/t37-,42+,43?,44+,47?/m1/s1. The van der Waals surface area contributed by atoms with Gasteiger partial charge in [0.2, 0.25) is 29.5 Å². The van der Waals surface area contributed by atoms with E-state index in [1.54, 1.807) is 35.0 Å². The zero-order valence-corrected chi connectivity index (χ0v) is 41.3. The number of imide groups is 1. The minimum atomic E-state index is -5.11. The van der Waals surface area contributed by atoms with Crippen molar-refractivity contribution in [3.8, 4) is 11.8 Å². The van der Waals surface area contributed by atoms with E-state index in [-0.39, 0.29) is 67.0 Å². The van der Waals surface area contributed by atoms with Gasteiger partial charge in [-0.1, -0.05) is 60.6 Å². The number of amides is 7. The molecular weight excluding hydrogens is 959 g/mol. The highest BCUT2D eigenvalue weighted by Crippen LogP contribution is 2.53. The molecule has 3 fully saturated rings. The predicted octanol–water partition coefficient (Wildman–Crippen LogP) is 5.40. The molecule has 0 saturated carbocycles. The number of aromatic amines is 1. The molecule has 3 saturated heterocycles. The van der Waals surface area contributed by atoms with Crippen LogP contribution in [0.1, 0.15) is 124 Å². The second kappa shape index (κ2) is 21.1. The highest BCUT2D eigenvalue weighted by molar-refractivity contribution is 7.51. The molecule has 5 N–H and O–H groups in total. The monoisotopic (exact) mass is 1010 g/mol. The first-order valence-corrected chi connectivity index (χ1v) is 26.3. The number of carbonyl (C=O) groups excluding carboxylic acids is 7. The number of carbonyl (C=O) groups is 7. The van der Waals surface area contributed by atoms with Crippen molar-refractivity contribution < 1.29 is 52.3 Å². The number of nitrogens with one attached hydrogen (secondary N) is 3. The van der Waals surface area contributed by atoms with Crippen LogP contribution in [0.4, 0.5) is 4.39 Å². The van der Waals surface area contributed by atoms with Crippen LogP contribution in [0.3, 0.4) is 0 Å². The van der Waals surface area contributed by atoms with E-state index in [2.05, 4.69) is 32.7 Å². The number of H-pyrrole nitrogens is 1. The number of alkyl halides is 1. The zero-order chi connectivity index (χ0) is 51.7. The van der Waals surface area contributed by atoms with Crippen molar-refractivity contribution >= 4 is 70.6 Å². The second-order valence-corrected chi connectivity index (χ2v) is 21.0. The van der Waals surface area contributed by atoms with Crippen LogP contribution in [-0.2, 0) is 30.3 Å². The molecule has 9 rings (SSSR count). The highest BCUT2D eigenvalue weighted by atomic mass is 31.2. The number of hydrogen-bond acceptors (Lipinski definition) is 9. The van der Waals surface area contributed by atoms with Crippen LogP contribution in [0.25, 0.3) is 21.7 Å². The summed E-state index contributed by atoms with van der Waals surface area (Å²) >= 11 is 0. The highest BCUT2D eigenvalue weighted by Gasteiger charge is 2.47. The molecule has 4 aromatic carbocycles. The molecule has 2 unspecified atom stereocenters. The van der Waals surface area contributed by atoms with Gasteiger partial charge in [0, 0.05) is 67.6 Å². The van der Waals surface area contributed by atoms with Gasteiger partial charge in [0.1, 0.15) is 18.1 Å². The van der Waals surface area contributed by atoms with Crippen molar-refractivity contribution in [3.63, 3.8) is 0 Å². The molecule has 18 nitrogen and oxygen atoms in total. The SMILES string of the molecule is Cc1ccc2[nH]nc(C(=O)N3CC[C@H]4CC[C@@H](C(=O)N(C)CCCCCCC#Cc5cccc6c5CN(C5CCC(=O)NC5=O)C6=O)N4C(=O)[C@@H](NC(=O)c4ccc5ccc(C(F)P(=O)(O)O)cc5c4)C3)c2c1. The topological polar surface area (TPSA) is 243 Å². The molecule has 4 aliphatic heterocycles. The number of halogens is 1. The summed E-state index contributed by atoms with van der Waals surface area (Å²) in [5, 5.41) is 13.9. The average Bonchev–Trinajstić information content (AvgIpc) is 4.08. The lowest BCUT2D eigenvalue weighted by atomic mass is 10.0. The van der Waals surface area contributed by atoms with Crippen LogP contribution in [0.2, 0.25) is 0 Å². The Bertz CT molecular complexity index is 3180. The van der Waals surface area contributed by atoms with E-state index in [9.17, 15) is 52.3 Å². The van der Waals surface area contributed by atoms with Gasteiger partial charge in [0.05, 0.1) is 12.1 Å². The van der Waals surface area contributed by atoms with Crippen LogP contribution in [0.15, 0.2) is 72.8 Å². The molecule has 0 spiro atoms. The second-order valence-electron chi connectivity index (χ2n) is 19.4. The number of aromatic nitrogens is 2. The van der Waals surface area contributed by atoms with Crippen LogP contribution in [-0.4, -0.2) is 132 Å². The lowest BCUT2D eigenvalue weighted by Crippen LogP contribution is -2.61. The number of unbranched alkanes of at least 4 members (excludes halogenated alkanes) is 4. The molecule has 0 radical (unpaired) electrons. The molecule has 5 aromatic rings. The lowest BCUT2D eigenvalue weighted by molar-refractivity contribution is -0.146. The Morgan fingerprint density at radius 1 is 0.945 bits per heavy atom. The van der Waals surface area contributed by atoms with Gasteiger partial charge in [0.15, 0.2) is 5.69 Å². The maximum absolute atomic E-state index is 14.9. The Labute approximate surface area is 420 Å². The smallest absolute Gasteiger partial charge is 0.344 e. The Morgan fingerprint density at radius 2 is 1.74 bits per heavy atom. The summed E-state index contributed by atoms with van der Waals surface area (Å²) in [7, 11) is -3.40. The van der Waals surface area contributed by atoms with Gasteiger partial charge >= 0.3 is 7.60 Å². The minimum absolute atomic E-state index is 0.0762. The number of likely N-dealkylation sites (N-methyl/N-ethyl adjacent to an activating group) is 1. The summed E-state index contributed by atoms with van der Waals surface area (Å²) < 4.78 is 26.4. The van der Waals surface area contributed by atoms with Crippen molar-refractivity contribution in [2.45, 2.75) is 108 Å². The van der Waals surface area contributed by atoms with Gasteiger partial charge in [-0.3, -0.25) is 48.5 Å². The first kappa shape index (κ1) is 50.7. The Morgan fingerprint density at radius 3 is 2.53 bits per heavy atom. The summed E-state index contributed by atoms with van der Waals surface area (Å²) in [6.45, 7) is 2.58. The van der Waals surface area contributed by atoms with Gasteiger partial charge in [0.25, 0.3) is 17.7 Å². The molecule has 1 aromatic heterocycles. The summed E-state index contributed by atoms with van der Waals surface area (Å²) in [6, 6.07) is 16.3. The van der Waals surface area contributed by atoms with Crippen molar-refractivity contribution in [2.75, 3.05) is 26.7 Å². The van der Waals surface area contributed by atoms with Crippen LogP contribution < -0.4 is 10.6 Å². The average molecular weight is 1020 g/mol. The molecule has 0 bridgehead atoms. The van der Waals surface area contributed by atoms with Crippen molar-refractivity contribution in [2.24, 2.45) is 0 Å². The van der Waals surface area contributed by atoms with E-state index in [0.717, 1.165) is 36.0 Å². The quantitative estimate of drug-likeness (QED) is 0.0433. The summed E-state index contributed by atoms with van der Waals surface area (Å²) in [4.78, 5) is 120. The molecule has 5 heterocycles. The third-order valence-electron chi connectivity index (χ3n) is 14.4. The first-order chi connectivity index (χ1) is 35.0. The number of benzene rings is 4. The summed E-state index contributed by atoms with van der Waals surface area (Å²) in [6.07, 6.45) is 5.55. The van der Waals surface area contributed by atoms with Crippen molar-refractivity contribution in [3.05, 3.63) is 112 Å². The van der Waals surface area contributed by atoms with Gasteiger partial charge in [-0.25, -0.2) is 4.39 Å². The van der Waals surface area contributed by atoms with Crippen LogP contribution in [0, 0.1) is 18.8 Å². The van der Waals surface area contributed by atoms with E-state index in [1.807, 2.05) is 31.2 Å². The van der Waals surface area contributed by atoms with Gasteiger partial charge in [-0.15, -0.1) is 0 Å². The molecule has 20 heteroatoms. The van der Waals surface area contributed by atoms with Gasteiger partial charge in [-0.2, -0.15) is 5.10 Å². The Kier molecular flexibility index (Phi) is 14.6. The van der Waals surface area contributed by atoms with Crippen molar-refractivity contribution in [1.29, 1.82) is 0 Å². The largest absolute Gasteiger partial charge is 0.363 e. The molecule has 7 amide bonds. The lowest BCUT2D eigenvalue weighted by Gasteiger charge is -2.39. The first-order valence-electron chi connectivity index (χ1n) is 24.6. The van der Waals surface area contributed by atoms with E-state index in [0.29, 0.717) is 65.9 Å². The maximum Gasteiger partial charge on any atom is 0.363 e. The number of fused-ring (bicyclic) bond motifs is 4. The normalized spacial score (nSPS) is 20.5. The van der Waals surface area contributed by atoms with Crippen LogP contribution >= 0.6 is 7.60 Å². The van der Waals surface area contributed by atoms with Gasteiger partial charge < -0.3 is 34.7 Å². The number of hydrogen-bond donors (Lipinski definition) is 5. The van der Waals surface area contributed by atoms with Crippen molar-refractivity contribution in [1.82, 2.24) is 40.4 Å². The van der Waals surface area contributed by atoms with E-state index >= 15 is 0 Å². The fraction of sp³-hybridized carbons (Fsp3) is 0.396. The number of piperidine rings is 1. The number of aryl methyl sites for hydroxylation is 1. The molecule has 380 valence electrons. The number of nitrogens with zero attached hydrogens (tertiary/aromatic N) is 5. The fourth-order valence-corrected chi connectivity index (χ4v) is 11.0. The zero-order valence-electron chi connectivity index (χ0n) is 40.4. The number of rotatable bonds is 13. The maximum atomic E-state index is 14.9. The Balaban J connectivity index is 0.839. The third-order valence-corrected chi connectivity index (χ3v) is 15.3. The molecule has 0 aliphatic carbocycles. The summed E-state index contributed by atoms with van der Waals surface area (Å²) in [5.41, 5.74) is 3.58. The minimum Gasteiger partial charge on any atom is -0.344 e. The Hall–Kier alpha value is -7.26. The molecule has 73 heavy (non-hydrogen) atoms. The molecule has 4 aliphatic rings. The van der Waals surface area contributed by atoms with E-state index < -0.39 is 61.3 Å². The molecular formula is C53H56FN8O10P.